The number of nitrogen functional groups attached to an aromatic ring is 1. The van der Waals surface area contributed by atoms with Crippen molar-refractivity contribution in [3.63, 3.8) is 0 Å². The zero-order chi connectivity index (χ0) is 11.3. The molecule has 0 fully saturated rings. The van der Waals surface area contributed by atoms with Crippen LogP contribution in [-0.4, -0.2) is 21.5 Å². The molecule has 0 bridgehead atoms. The molecule has 1 aromatic carbocycles. The van der Waals surface area contributed by atoms with E-state index in [2.05, 4.69) is 9.97 Å². The number of nitrogens with one attached hydrogen (secondary N) is 1. The quantitative estimate of drug-likeness (QED) is 0.540. The van der Waals surface area contributed by atoms with E-state index in [1.165, 1.54) is 6.33 Å². The molecule has 3 rings (SSSR count). The average molecular weight is 213 g/mol. The number of H-pyrrole nitrogens is 1. The topological polar surface area (TPSA) is 88.8 Å². The van der Waals surface area contributed by atoms with Crippen LogP contribution in [0.25, 0.3) is 0 Å². The van der Waals surface area contributed by atoms with Crippen molar-refractivity contribution in [1.82, 2.24) is 9.97 Å². The molecule has 1 aliphatic carbocycles. The van der Waals surface area contributed by atoms with Crippen LogP contribution in [0.2, 0.25) is 0 Å². The van der Waals surface area contributed by atoms with Gasteiger partial charge in [0.15, 0.2) is 0 Å². The lowest BCUT2D eigenvalue weighted by Crippen LogP contribution is -2.22. The highest BCUT2D eigenvalue weighted by Crippen LogP contribution is 2.28. The molecule has 0 saturated carbocycles. The summed E-state index contributed by atoms with van der Waals surface area (Å²) in [5, 5.41) is 0. The van der Waals surface area contributed by atoms with Crippen LogP contribution in [0.3, 0.4) is 0 Å². The van der Waals surface area contributed by atoms with E-state index >= 15 is 0 Å². The molecule has 0 amide bonds. The van der Waals surface area contributed by atoms with Crippen molar-refractivity contribution in [3.05, 3.63) is 47.0 Å². The number of ketones is 2. The molecule has 5 nitrogen and oxygen atoms in total. The molecule has 0 saturated heterocycles. The normalized spacial score (nSPS) is 13.5. The minimum absolute atomic E-state index is 0.149. The first-order valence-electron chi connectivity index (χ1n) is 4.71. The number of benzene rings is 1. The van der Waals surface area contributed by atoms with Crippen LogP contribution in [-0.2, 0) is 0 Å². The van der Waals surface area contributed by atoms with Gasteiger partial charge < -0.3 is 10.7 Å². The number of nitrogens with two attached hydrogens (primary N) is 1. The van der Waals surface area contributed by atoms with Gasteiger partial charge in [-0.15, -0.1) is 0 Å². The number of fused-ring (bicyclic) bond motifs is 2. The van der Waals surface area contributed by atoms with Gasteiger partial charge in [-0.05, 0) is 6.07 Å². The molecule has 78 valence electrons. The van der Waals surface area contributed by atoms with Crippen molar-refractivity contribution in [3.8, 4) is 0 Å². The number of carbonyl (C=O) groups excluding carboxylic acids is 2. The maximum atomic E-state index is 12.0. The Hall–Kier alpha value is -2.43. The van der Waals surface area contributed by atoms with Crippen LogP contribution in [0.1, 0.15) is 32.1 Å². The Morgan fingerprint density at radius 1 is 1.19 bits per heavy atom. The number of hydrogen-bond donors (Lipinski definition) is 2. The number of nitrogens with zero attached hydrogens (tertiary/aromatic N) is 1. The van der Waals surface area contributed by atoms with Crippen molar-refractivity contribution in [1.29, 1.82) is 0 Å². The van der Waals surface area contributed by atoms with Gasteiger partial charge in [-0.2, -0.15) is 0 Å². The third kappa shape index (κ3) is 0.916. The van der Waals surface area contributed by atoms with E-state index in [-0.39, 0.29) is 28.5 Å². The van der Waals surface area contributed by atoms with E-state index in [0.717, 1.165) is 0 Å². The maximum absolute atomic E-state index is 12.0. The highest BCUT2D eigenvalue weighted by molar-refractivity contribution is 6.28. The third-order valence-corrected chi connectivity index (χ3v) is 2.65. The van der Waals surface area contributed by atoms with E-state index in [0.29, 0.717) is 11.3 Å². The van der Waals surface area contributed by atoms with E-state index in [1.54, 1.807) is 18.2 Å². The Balaban J connectivity index is 2.38. The third-order valence-electron chi connectivity index (χ3n) is 2.65. The minimum atomic E-state index is -0.302. The molecule has 2 aromatic rings. The number of aromatic nitrogens is 2. The monoisotopic (exact) mass is 213 g/mol. The van der Waals surface area contributed by atoms with Crippen LogP contribution < -0.4 is 5.73 Å². The standard InChI is InChI=1S/C11H7N3O2/c12-6-3-1-2-5-7(6)11(16)9-8(10(5)15)13-4-14-9/h1-4H,12H2,(H,13,14). The summed E-state index contributed by atoms with van der Waals surface area (Å²) < 4.78 is 0. The molecule has 5 heteroatoms. The van der Waals surface area contributed by atoms with Gasteiger partial charge in [0.2, 0.25) is 11.6 Å². The molecule has 1 aromatic heterocycles. The summed E-state index contributed by atoms with van der Waals surface area (Å²) >= 11 is 0. The van der Waals surface area contributed by atoms with E-state index < -0.39 is 0 Å². The lowest BCUT2D eigenvalue weighted by atomic mass is 9.89. The minimum Gasteiger partial charge on any atom is -0.398 e. The summed E-state index contributed by atoms with van der Waals surface area (Å²) in [5.41, 5.74) is 7.00. The number of hydrogen-bond acceptors (Lipinski definition) is 4. The van der Waals surface area contributed by atoms with E-state index in [4.69, 9.17) is 5.73 Å². The highest BCUT2D eigenvalue weighted by Gasteiger charge is 2.33. The van der Waals surface area contributed by atoms with Gasteiger partial charge in [0.1, 0.15) is 11.4 Å². The van der Waals surface area contributed by atoms with Crippen molar-refractivity contribution in [2.45, 2.75) is 0 Å². The summed E-state index contributed by atoms with van der Waals surface area (Å²) in [4.78, 5) is 30.5. The predicted octanol–water partition coefficient (Wildman–Crippen LogP) is 0.767. The molecule has 1 aliphatic rings. The fourth-order valence-corrected chi connectivity index (χ4v) is 1.91. The Bertz CT molecular complexity index is 628. The zero-order valence-corrected chi connectivity index (χ0v) is 8.15. The number of imidazole rings is 1. The van der Waals surface area contributed by atoms with Gasteiger partial charge in [-0.1, -0.05) is 12.1 Å². The summed E-state index contributed by atoms with van der Waals surface area (Å²) in [5.74, 6) is -0.543. The average Bonchev–Trinajstić information content (AvgIpc) is 2.75. The number of anilines is 1. The SMILES string of the molecule is Nc1cccc2c1C(=O)c1nc[nH]c1C2=O. The lowest BCUT2D eigenvalue weighted by Gasteiger charge is -2.14. The second-order valence-corrected chi connectivity index (χ2v) is 3.55. The molecule has 0 radical (unpaired) electrons. The van der Waals surface area contributed by atoms with Crippen LogP contribution >= 0.6 is 0 Å². The maximum Gasteiger partial charge on any atom is 0.216 e. The number of carbonyl (C=O) groups is 2. The van der Waals surface area contributed by atoms with Crippen molar-refractivity contribution in [2.75, 3.05) is 5.73 Å². The summed E-state index contributed by atoms with van der Waals surface area (Å²) in [6.07, 6.45) is 1.34. The first kappa shape index (κ1) is 8.84. The first-order chi connectivity index (χ1) is 7.70. The smallest absolute Gasteiger partial charge is 0.216 e. The van der Waals surface area contributed by atoms with Gasteiger partial charge in [0.25, 0.3) is 0 Å². The predicted molar refractivity (Wildman–Crippen MR) is 56.3 cm³/mol. The Morgan fingerprint density at radius 2 is 2.00 bits per heavy atom. The molecule has 0 unspecified atom stereocenters. The Kier molecular flexibility index (Phi) is 1.54. The first-order valence-corrected chi connectivity index (χ1v) is 4.71. The molecule has 0 atom stereocenters. The van der Waals surface area contributed by atoms with Crippen LogP contribution in [0.4, 0.5) is 5.69 Å². The summed E-state index contributed by atoms with van der Waals surface area (Å²) in [7, 11) is 0. The van der Waals surface area contributed by atoms with Gasteiger partial charge in [-0.3, -0.25) is 9.59 Å². The molecular formula is C11H7N3O2. The molecule has 0 spiro atoms. The Labute approximate surface area is 90.3 Å². The Morgan fingerprint density at radius 3 is 2.81 bits per heavy atom. The molecule has 0 aliphatic heterocycles. The highest BCUT2D eigenvalue weighted by atomic mass is 16.1. The molecule has 3 N–H and O–H groups in total. The van der Waals surface area contributed by atoms with Crippen LogP contribution in [0.15, 0.2) is 24.5 Å². The molecular weight excluding hydrogens is 206 g/mol. The second-order valence-electron chi connectivity index (χ2n) is 3.55. The van der Waals surface area contributed by atoms with Gasteiger partial charge in [0.05, 0.1) is 11.9 Å². The largest absolute Gasteiger partial charge is 0.398 e. The lowest BCUT2D eigenvalue weighted by molar-refractivity contribution is 0.0975. The molecule has 16 heavy (non-hydrogen) atoms. The van der Waals surface area contributed by atoms with Gasteiger partial charge in [0, 0.05) is 11.3 Å². The van der Waals surface area contributed by atoms with Crippen LogP contribution in [0, 0.1) is 0 Å². The van der Waals surface area contributed by atoms with E-state index in [1.807, 2.05) is 0 Å². The van der Waals surface area contributed by atoms with Gasteiger partial charge in [-0.25, -0.2) is 4.98 Å². The van der Waals surface area contributed by atoms with Crippen LogP contribution in [0.5, 0.6) is 0 Å². The zero-order valence-electron chi connectivity index (χ0n) is 8.15. The summed E-state index contributed by atoms with van der Waals surface area (Å²) in [6, 6.07) is 4.85. The molecule has 1 heterocycles. The van der Waals surface area contributed by atoms with Crippen molar-refractivity contribution in [2.24, 2.45) is 0 Å². The number of aromatic amines is 1. The fourth-order valence-electron chi connectivity index (χ4n) is 1.91. The van der Waals surface area contributed by atoms with Crippen molar-refractivity contribution < 1.29 is 9.59 Å². The number of rotatable bonds is 0. The summed E-state index contributed by atoms with van der Waals surface area (Å²) in [6.45, 7) is 0. The van der Waals surface area contributed by atoms with Gasteiger partial charge >= 0.3 is 0 Å². The van der Waals surface area contributed by atoms with Crippen molar-refractivity contribution >= 4 is 17.3 Å². The van der Waals surface area contributed by atoms with E-state index in [9.17, 15) is 9.59 Å². The fraction of sp³-hybridized carbons (Fsp3) is 0. The second kappa shape index (κ2) is 2.79.